The highest BCUT2D eigenvalue weighted by molar-refractivity contribution is 9.10. The molecule has 4 rings (SSSR count). The molecular formula is C33H36BrN3O4S. The Kier molecular flexibility index (Phi) is 10.4. The van der Waals surface area contributed by atoms with Crippen LogP contribution in [0.4, 0.5) is 5.69 Å². The Hall–Kier alpha value is -3.69. The number of hydrogen-bond acceptors (Lipinski definition) is 4. The third-order valence-corrected chi connectivity index (χ3v) is 8.91. The van der Waals surface area contributed by atoms with Crippen LogP contribution in [0.25, 0.3) is 10.8 Å². The van der Waals surface area contributed by atoms with Gasteiger partial charge in [0.2, 0.25) is 21.8 Å². The van der Waals surface area contributed by atoms with E-state index in [-0.39, 0.29) is 24.9 Å². The fourth-order valence-corrected chi connectivity index (χ4v) is 5.93. The molecule has 4 aromatic rings. The van der Waals surface area contributed by atoms with Gasteiger partial charge < -0.3 is 10.2 Å². The number of nitrogens with one attached hydrogen (secondary N) is 1. The normalized spacial score (nSPS) is 12.9. The Morgan fingerprint density at radius 2 is 1.50 bits per heavy atom. The minimum atomic E-state index is -3.87. The number of rotatable bonds is 12. The summed E-state index contributed by atoms with van der Waals surface area (Å²) < 4.78 is 28.4. The molecule has 1 N–H and O–H groups in total. The van der Waals surface area contributed by atoms with Crippen molar-refractivity contribution in [1.82, 2.24) is 10.2 Å². The quantitative estimate of drug-likeness (QED) is 0.206. The molecule has 4 aromatic carbocycles. The van der Waals surface area contributed by atoms with E-state index in [2.05, 4.69) is 21.2 Å². The van der Waals surface area contributed by atoms with Gasteiger partial charge in [-0.25, -0.2) is 8.42 Å². The lowest BCUT2D eigenvalue weighted by Gasteiger charge is -2.34. The standard InChI is InChI=1S/C33H36BrN3O4S/c1-4-24(2)35-33(39)31(21-25-11-6-5-7-12-25)36(22-26-17-19-28(34)20-18-26)32(38)23-37(42(3,40)41)30-16-10-14-27-13-8-9-15-29(27)30/h5-20,24,31H,4,21-23H2,1-3H3,(H,35,39)/t24-,31+/m0/s1. The Labute approximate surface area is 256 Å². The molecule has 0 saturated heterocycles. The highest BCUT2D eigenvalue weighted by Crippen LogP contribution is 2.29. The van der Waals surface area contributed by atoms with Crippen molar-refractivity contribution in [3.05, 3.63) is 113 Å². The molecule has 7 nitrogen and oxygen atoms in total. The first-order valence-electron chi connectivity index (χ1n) is 13.9. The van der Waals surface area contributed by atoms with E-state index in [1.54, 1.807) is 12.1 Å². The van der Waals surface area contributed by atoms with Crippen LogP contribution in [0.2, 0.25) is 0 Å². The molecule has 0 radical (unpaired) electrons. The highest BCUT2D eigenvalue weighted by atomic mass is 79.9. The second-order valence-electron chi connectivity index (χ2n) is 10.4. The second-order valence-corrected chi connectivity index (χ2v) is 13.3. The molecule has 0 fully saturated rings. The van der Waals surface area contributed by atoms with Crippen molar-refractivity contribution in [2.24, 2.45) is 0 Å². The molecule has 9 heteroatoms. The van der Waals surface area contributed by atoms with Crippen molar-refractivity contribution < 1.29 is 18.0 Å². The first-order chi connectivity index (χ1) is 20.1. The van der Waals surface area contributed by atoms with Crippen molar-refractivity contribution in [3.8, 4) is 0 Å². The van der Waals surface area contributed by atoms with Gasteiger partial charge in [-0.1, -0.05) is 102 Å². The van der Waals surface area contributed by atoms with E-state index < -0.39 is 28.5 Å². The van der Waals surface area contributed by atoms with E-state index in [4.69, 9.17) is 0 Å². The van der Waals surface area contributed by atoms with Crippen LogP contribution in [0.1, 0.15) is 31.4 Å². The van der Waals surface area contributed by atoms with Gasteiger partial charge in [0.15, 0.2) is 0 Å². The van der Waals surface area contributed by atoms with E-state index in [9.17, 15) is 18.0 Å². The first-order valence-corrected chi connectivity index (χ1v) is 16.5. The SMILES string of the molecule is CC[C@H](C)NC(=O)[C@@H](Cc1ccccc1)N(Cc1ccc(Br)cc1)C(=O)CN(c1cccc2ccccc12)S(C)(=O)=O. The van der Waals surface area contributed by atoms with Crippen molar-refractivity contribution in [2.45, 2.75) is 45.3 Å². The third kappa shape index (κ3) is 7.98. The van der Waals surface area contributed by atoms with Crippen LogP contribution >= 0.6 is 15.9 Å². The van der Waals surface area contributed by atoms with Gasteiger partial charge in [0.05, 0.1) is 11.9 Å². The van der Waals surface area contributed by atoms with Crippen molar-refractivity contribution in [2.75, 3.05) is 17.1 Å². The van der Waals surface area contributed by atoms with Gasteiger partial charge in [0.1, 0.15) is 12.6 Å². The van der Waals surface area contributed by atoms with Gasteiger partial charge in [-0.2, -0.15) is 0 Å². The summed E-state index contributed by atoms with van der Waals surface area (Å²) in [6.07, 6.45) is 2.10. The Morgan fingerprint density at radius 1 is 0.857 bits per heavy atom. The average molecular weight is 651 g/mol. The fraction of sp³-hybridized carbons (Fsp3) is 0.273. The lowest BCUT2D eigenvalue weighted by Crippen LogP contribution is -2.54. The van der Waals surface area contributed by atoms with Crippen molar-refractivity contribution >= 4 is 54.2 Å². The zero-order valence-corrected chi connectivity index (χ0v) is 26.4. The lowest BCUT2D eigenvalue weighted by molar-refractivity contribution is -0.140. The summed E-state index contributed by atoms with van der Waals surface area (Å²) in [6.45, 7) is 3.58. The van der Waals surface area contributed by atoms with Gasteiger partial charge in [-0.15, -0.1) is 0 Å². The van der Waals surface area contributed by atoms with Gasteiger partial charge in [-0.05, 0) is 48.1 Å². The molecule has 0 unspecified atom stereocenters. The van der Waals surface area contributed by atoms with Crippen molar-refractivity contribution in [1.29, 1.82) is 0 Å². The van der Waals surface area contributed by atoms with Crippen LogP contribution in [0, 0.1) is 0 Å². The van der Waals surface area contributed by atoms with Crippen LogP contribution in [-0.4, -0.2) is 50.0 Å². The van der Waals surface area contributed by atoms with Crippen LogP contribution in [0.15, 0.2) is 102 Å². The molecular weight excluding hydrogens is 614 g/mol. The lowest BCUT2D eigenvalue weighted by atomic mass is 10.0. The largest absolute Gasteiger partial charge is 0.352 e. The number of carbonyl (C=O) groups is 2. The molecule has 2 amide bonds. The van der Waals surface area contributed by atoms with Crippen LogP contribution in [0.5, 0.6) is 0 Å². The molecule has 0 bridgehead atoms. The van der Waals surface area contributed by atoms with Gasteiger partial charge >= 0.3 is 0 Å². The number of fused-ring (bicyclic) bond motifs is 1. The molecule has 2 atom stereocenters. The number of anilines is 1. The Balaban J connectivity index is 1.78. The van der Waals surface area contributed by atoms with Crippen molar-refractivity contribution in [3.63, 3.8) is 0 Å². The van der Waals surface area contributed by atoms with Gasteiger partial charge in [-0.3, -0.25) is 13.9 Å². The smallest absolute Gasteiger partial charge is 0.244 e. The average Bonchev–Trinajstić information content (AvgIpc) is 2.98. The molecule has 0 heterocycles. The molecule has 0 aliphatic heterocycles. The van der Waals surface area contributed by atoms with Gasteiger partial charge in [0.25, 0.3) is 0 Å². The maximum atomic E-state index is 14.3. The topological polar surface area (TPSA) is 86.8 Å². The van der Waals surface area contributed by atoms with E-state index >= 15 is 0 Å². The number of amides is 2. The monoisotopic (exact) mass is 649 g/mol. The number of halogens is 1. The minimum absolute atomic E-state index is 0.0939. The zero-order chi connectivity index (χ0) is 30.3. The molecule has 0 spiro atoms. The van der Waals surface area contributed by atoms with E-state index in [1.807, 2.05) is 98.8 Å². The first kappa shape index (κ1) is 31.3. The minimum Gasteiger partial charge on any atom is -0.352 e. The number of sulfonamides is 1. The Morgan fingerprint density at radius 3 is 2.17 bits per heavy atom. The summed E-state index contributed by atoms with van der Waals surface area (Å²) in [5, 5.41) is 4.62. The number of hydrogen-bond donors (Lipinski definition) is 1. The van der Waals surface area contributed by atoms with Crippen LogP contribution in [0.3, 0.4) is 0 Å². The summed E-state index contributed by atoms with van der Waals surface area (Å²) in [4.78, 5) is 29.6. The zero-order valence-electron chi connectivity index (χ0n) is 24.0. The maximum Gasteiger partial charge on any atom is 0.244 e. The van der Waals surface area contributed by atoms with Crippen LogP contribution in [-0.2, 0) is 32.6 Å². The molecule has 0 aliphatic rings. The number of carbonyl (C=O) groups excluding carboxylic acids is 2. The molecule has 220 valence electrons. The molecule has 0 aromatic heterocycles. The van der Waals surface area contributed by atoms with E-state index in [1.165, 1.54) is 4.90 Å². The van der Waals surface area contributed by atoms with Gasteiger partial charge in [0, 0.05) is 28.9 Å². The summed E-state index contributed by atoms with van der Waals surface area (Å²) in [5.74, 6) is -0.758. The van der Waals surface area contributed by atoms with E-state index in [0.717, 1.165) is 38.0 Å². The highest BCUT2D eigenvalue weighted by Gasteiger charge is 2.33. The second kappa shape index (κ2) is 14.0. The predicted molar refractivity (Wildman–Crippen MR) is 173 cm³/mol. The molecule has 42 heavy (non-hydrogen) atoms. The third-order valence-electron chi connectivity index (χ3n) is 7.25. The fourth-order valence-electron chi connectivity index (χ4n) is 4.80. The predicted octanol–water partition coefficient (Wildman–Crippen LogP) is 5.92. The summed E-state index contributed by atoms with van der Waals surface area (Å²) in [7, 11) is -3.87. The summed E-state index contributed by atoms with van der Waals surface area (Å²) in [5.41, 5.74) is 2.12. The van der Waals surface area contributed by atoms with E-state index in [0.29, 0.717) is 11.1 Å². The number of benzene rings is 4. The molecule has 0 saturated carbocycles. The Bertz CT molecular complexity index is 1620. The number of nitrogens with zero attached hydrogens (tertiary/aromatic N) is 2. The van der Waals surface area contributed by atoms with Crippen LogP contribution < -0.4 is 9.62 Å². The maximum absolute atomic E-state index is 14.3. The summed E-state index contributed by atoms with van der Waals surface area (Å²) in [6, 6.07) is 28.9. The molecule has 0 aliphatic carbocycles. The summed E-state index contributed by atoms with van der Waals surface area (Å²) >= 11 is 3.45.